The molecule has 6 aromatic carbocycles. The summed E-state index contributed by atoms with van der Waals surface area (Å²) in [5, 5.41) is 5.15. The standard InChI is InChI=1S/2C18H13N/c2*1-2-7-13(8-3-1)14-10-6-11-16-15-9-4-5-12-17(15)19-18(14)16/h2*1-12,19H. The van der Waals surface area contributed by atoms with E-state index in [9.17, 15) is 0 Å². The fourth-order valence-electron chi connectivity index (χ4n) is 5.46. The zero-order valence-corrected chi connectivity index (χ0v) is 20.9. The van der Waals surface area contributed by atoms with Crippen LogP contribution in [0, 0.1) is 0 Å². The van der Waals surface area contributed by atoms with Crippen molar-refractivity contribution in [3.8, 4) is 22.3 Å². The monoisotopic (exact) mass is 486 g/mol. The van der Waals surface area contributed by atoms with E-state index in [-0.39, 0.29) is 0 Å². The van der Waals surface area contributed by atoms with Crippen LogP contribution in [0.15, 0.2) is 146 Å². The molecule has 0 saturated heterocycles. The minimum absolute atomic E-state index is 1.20. The highest BCUT2D eigenvalue weighted by Crippen LogP contribution is 2.34. The molecule has 8 aromatic rings. The van der Waals surface area contributed by atoms with E-state index in [0.717, 1.165) is 0 Å². The molecule has 0 radical (unpaired) electrons. The fraction of sp³-hybridized carbons (Fsp3) is 0. The molecule has 8 rings (SSSR count). The average Bonchev–Trinajstić information content (AvgIpc) is 3.57. The lowest BCUT2D eigenvalue weighted by molar-refractivity contribution is 1.53. The van der Waals surface area contributed by atoms with Crippen molar-refractivity contribution in [2.45, 2.75) is 0 Å². The molecular weight excluding hydrogens is 460 g/mol. The molecule has 0 spiro atoms. The Morgan fingerprint density at radius 3 is 1.11 bits per heavy atom. The highest BCUT2D eigenvalue weighted by molar-refractivity contribution is 6.12. The van der Waals surface area contributed by atoms with Gasteiger partial charge in [0.2, 0.25) is 0 Å². The maximum absolute atomic E-state index is 3.55. The van der Waals surface area contributed by atoms with Crippen molar-refractivity contribution in [3.05, 3.63) is 146 Å². The summed E-state index contributed by atoms with van der Waals surface area (Å²) in [5.41, 5.74) is 9.84. The van der Waals surface area contributed by atoms with Crippen molar-refractivity contribution >= 4 is 43.6 Å². The van der Waals surface area contributed by atoms with Crippen molar-refractivity contribution in [1.82, 2.24) is 9.97 Å². The van der Waals surface area contributed by atoms with E-state index in [0.29, 0.717) is 0 Å². The van der Waals surface area contributed by atoms with Crippen LogP contribution in [0.1, 0.15) is 0 Å². The van der Waals surface area contributed by atoms with Crippen molar-refractivity contribution in [3.63, 3.8) is 0 Å². The summed E-state index contributed by atoms with van der Waals surface area (Å²) in [6, 6.07) is 50.9. The predicted molar refractivity (Wildman–Crippen MR) is 162 cm³/mol. The number of para-hydroxylation sites is 4. The van der Waals surface area contributed by atoms with E-state index in [2.05, 4.69) is 156 Å². The van der Waals surface area contributed by atoms with Crippen LogP contribution in [0.4, 0.5) is 0 Å². The third-order valence-electron chi connectivity index (χ3n) is 7.25. The summed E-state index contributed by atoms with van der Waals surface area (Å²) in [6.07, 6.45) is 0. The number of nitrogens with one attached hydrogen (secondary N) is 2. The van der Waals surface area contributed by atoms with E-state index in [4.69, 9.17) is 0 Å². The van der Waals surface area contributed by atoms with Crippen LogP contribution in [0.2, 0.25) is 0 Å². The molecule has 2 aromatic heterocycles. The van der Waals surface area contributed by atoms with Crippen LogP contribution in [0.3, 0.4) is 0 Å². The SMILES string of the molecule is c1ccc(-c2cccc3c2[nH]c2ccccc23)cc1.c1ccc(-c2cccc3c2[nH]c2ccccc23)cc1. The molecule has 2 heterocycles. The smallest absolute Gasteiger partial charge is 0.0544 e. The van der Waals surface area contributed by atoms with Crippen LogP contribution in [-0.4, -0.2) is 9.97 Å². The highest BCUT2D eigenvalue weighted by atomic mass is 14.7. The van der Waals surface area contributed by atoms with Crippen LogP contribution in [-0.2, 0) is 0 Å². The third kappa shape index (κ3) is 3.84. The van der Waals surface area contributed by atoms with Gasteiger partial charge in [0, 0.05) is 43.7 Å². The molecule has 0 aliphatic carbocycles. The topological polar surface area (TPSA) is 31.6 Å². The summed E-state index contributed by atoms with van der Waals surface area (Å²) in [4.78, 5) is 7.09. The van der Waals surface area contributed by atoms with E-state index in [1.54, 1.807) is 0 Å². The Morgan fingerprint density at radius 1 is 0.289 bits per heavy atom. The van der Waals surface area contributed by atoms with Crippen LogP contribution in [0.5, 0.6) is 0 Å². The third-order valence-corrected chi connectivity index (χ3v) is 7.25. The summed E-state index contributed by atoms with van der Waals surface area (Å²) in [6.45, 7) is 0. The normalized spacial score (nSPS) is 11.2. The molecule has 180 valence electrons. The van der Waals surface area contributed by atoms with Gasteiger partial charge in [-0.1, -0.05) is 133 Å². The molecule has 0 amide bonds. The summed E-state index contributed by atoms with van der Waals surface area (Å²) < 4.78 is 0. The van der Waals surface area contributed by atoms with Gasteiger partial charge in [0.05, 0.1) is 11.0 Å². The molecule has 2 heteroatoms. The van der Waals surface area contributed by atoms with Gasteiger partial charge in [-0.05, 0) is 23.3 Å². The molecule has 0 fully saturated rings. The first-order chi connectivity index (χ1) is 18.9. The Hall–Kier alpha value is -5.08. The van der Waals surface area contributed by atoms with Crippen LogP contribution < -0.4 is 0 Å². The number of rotatable bonds is 2. The summed E-state index contributed by atoms with van der Waals surface area (Å²) in [5.74, 6) is 0. The lowest BCUT2D eigenvalue weighted by atomic mass is 10.0. The largest absolute Gasteiger partial charge is 0.354 e. The Kier molecular flexibility index (Phi) is 5.49. The van der Waals surface area contributed by atoms with Gasteiger partial charge in [-0.3, -0.25) is 0 Å². The quantitative estimate of drug-likeness (QED) is 0.244. The van der Waals surface area contributed by atoms with Crippen molar-refractivity contribution in [2.75, 3.05) is 0 Å². The number of hydrogen-bond donors (Lipinski definition) is 2. The second-order valence-corrected chi connectivity index (χ2v) is 9.53. The van der Waals surface area contributed by atoms with E-state index >= 15 is 0 Å². The molecule has 38 heavy (non-hydrogen) atoms. The number of H-pyrrole nitrogens is 2. The number of fused-ring (bicyclic) bond motifs is 6. The van der Waals surface area contributed by atoms with Gasteiger partial charge in [-0.25, -0.2) is 0 Å². The van der Waals surface area contributed by atoms with Crippen LogP contribution >= 0.6 is 0 Å². The molecule has 2 nitrogen and oxygen atoms in total. The molecule has 0 saturated carbocycles. The number of aromatic amines is 2. The second-order valence-electron chi connectivity index (χ2n) is 9.53. The van der Waals surface area contributed by atoms with Gasteiger partial charge in [0.15, 0.2) is 0 Å². The molecular formula is C36H26N2. The minimum atomic E-state index is 1.20. The first-order valence-electron chi connectivity index (χ1n) is 13.0. The average molecular weight is 487 g/mol. The minimum Gasteiger partial charge on any atom is -0.354 e. The van der Waals surface area contributed by atoms with E-state index in [1.165, 1.54) is 65.9 Å². The van der Waals surface area contributed by atoms with Crippen LogP contribution in [0.25, 0.3) is 65.9 Å². The zero-order valence-electron chi connectivity index (χ0n) is 20.9. The van der Waals surface area contributed by atoms with Gasteiger partial charge < -0.3 is 9.97 Å². The van der Waals surface area contributed by atoms with Crippen molar-refractivity contribution in [2.24, 2.45) is 0 Å². The fourth-order valence-corrected chi connectivity index (χ4v) is 5.46. The van der Waals surface area contributed by atoms with Crippen molar-refractivity contribution in [1.29, 1.82) is 0 Å². The molecule has 0 unspecified atom stereocenters. The number of benzene rings is 6. The Morgan fingerprint density at radius 2 is 0.658 bits per heavy atom. The first-order valence-corrected chi connectivity index (χ1v) is 13.0. The predicted octanol–water partition coefficient (Wildman–Crippen LogP) is 9.98. The van der Waals surface area contributed by atoms with Gasteiger partial charge in [-0.15, -0.1) is 0 Å². The molecule has 0 aliphatic heterocycles. The molecule has 0 bridgehead atoms. The molecule has 0 atom stereocenters. The van der Waals surface area contributed by atoms with Gasteiger partial charge >= 0.3 is 0 Å². The summed E-state index contributed by atoms with van der Waals surface area (Å²) >= 11 is 0. The van der Waals surface area contributed by atoms with E-state index < -0.39 is 0 Å². The van der Waals surface area contributed by atoms with Crippen molar-refractivity contribution < 1.29 is 0 Å². The molecule has 0 aliphatic rings. The maximum atomic E-state index is 3.55. The number of hydrogen-bond acceptors (Lipinski definition) is 0. The molecule has 2 N–H and O–H groups in total. The Balaban J connectivity index is 0.000000127. The second kappa shape index (κ2) is 9.42. The lowest BCUT2D eigenvalue weighted by Crippen LogP contribution is -1.79. The van der Waals surface area contributed by atoms with Gasteiger partial charge in [0.25, 0.3) is 0 Å². The Labute approximate surface area is 221 Å². The first kappa shape index (κ1) is 22.1. The highest BCUT2D eigenvalue weighted by Gasteiger charge is 2.09. The summed E-state index contributed by atoms with van der Waals surface area (Å²) in [7, 11) is 0. The van der Waals surface area contributed by atoms with E-state index in [1.807, 2.05) is 0 Å². The lowest BCUT2D eigenvalue weighted by Gasteiger charge is -2.03. The Bertz CT molecular complexity index is 1860. The zero-order chi connectivity index (χ0) is 25.3. The van der Waals surface area contributed by atoms with Gasteiger partial charge in [0.1, 0.15) is 0 Å². The van der Waals surface area contributed by atoms with Gasteiger partial charge in [-0.2, -0.15) is 0 Å². The maximum Gasteiger partial charge on any atom is 0.0544 e. The number of aromatic nitrogens is 2.